The molecule has 0 saturated heterocycles. The average Bonchev–Trinajstić information content (AvgIpc) is 2.55. The Hall–Kier alpha value is -1.16. The van der Waals surface area contributed by atoms with Crippen molar-refractivity contribution in [1.82, 2.24) is 4.98 Å². The molecule has 3 nitrogen and oxygen atoms in total. The van der Waals surface area contributed by atoms with Gasteiger partial charge in [-0.25, -0.2) is 4.98 Å². The Kier molecular flexibility index (Phi) is 2.61. The number of ketones is 1. The number of carbonyl (C=O) groups is 1. The van der Waals surface area contributed by atoms with Gasteiger partial charge >= 0.3 is 0 Å². The van der Waals surface area contributed by atoms with Gasteiger partial charge in [0.2, 0.25) is 0 Å². The normalized spacial score (nSPS) is 13.0. The number of alkyl halides is 1. The molecule has 2 aromatic rings. The van der Waals surface area contributed by atoms with Crippen LogP contribution in [0.2, 0.25) is 0 Å². The van der Waals surface area contributed by atoms with Gasteiger partial charge in [0.05, 0.1) is 4.83 Å². The lowest BCUT2D eigenvalue weighted by Gasteiger charge is -2.04. The first-order valence-electron chi connectivity index (χ1n) is 4.59. The van der Waals surface area contributed by atoms with E-state index >= 15 is 0 Å². The molecule has 0 aliphatic rings. The summed E-state index contributed by atoms with van der Waals surface area (Å²) < 4.78 is 5.40. The van der Waals surface area contributed by atoms with Crippen LogP contribution in [0.25, 0.3) is 11.1 Å². The number of aromatic nitrogens is 1. The van der Waals surface area contributed by atoms with E-state index in [0.29, 0.717) is 5.89 Å². The Balaban J connectivity index is 2.50. The van der Waals surface area contributed by atoms with E-state index in [1.807, 2.05) is 18.2 Å². The summed E-state index contributed by atoms with van der Waals surface area (Å²) in [6.45, 7) is 3.35. The summed E-state index contributed by atoms with van der Waals surface area (Å²) in [5.41, 5.74) is 2.43. The number of rotatable bonds is 2. The van der Waals surface area contributed by atoms with E-state index in [4.69, 9.17) is 4.42 Å². The summed E-state index contributed by atoms with van der Waals surface area (Å²) in [7, 11) is 0. The molecule has 1 unspecified atom stereocenters. The van der Waals surface area contributed by atoms with Gasteiger partial charge in [-0.05, 0) is 24.6 Å². The molecule has 0 fully saturated rings. The number of carbonyl (C=O) groups excluding carboxylic acids is 1. The van der Waals surface area contributed by atoms with Crippen LogP contribution >= 0.6 is 15.9 Å². The number of benzene rings is 1. The van der Waals surface area contributed by atoms with Crippen molar-refractivity contribution >= 4 is 32.8 Å². The van der Waals surface area contributed by atoms with Crippen molar-refractivity contribution in [2.45, 2.75) is 18.7 Å². The second-order valence-corrected chi connectivity index (χ2v) is 4.35. The first kappa shape index (κ1) is 10.4. The molecule has 0 saturated carbocycles. The highest BCUT2D eigenvalue weighted by molar-refractivity contribution is 9.09. The zero-order chi connectivity index (χ0) is 11.0. The van der Waals surface area contributed by atoms with Gasteiger partial charge in [-0.2, -0.15) is 0 Å². The van der Waals surface area contributed by atoms with Gasteiger partial charge in [-0.1, -0.05) is 22.0 Å². The van der Waals surface area contributed by atoms with Gasteiger partial charge in [0, 0.05) is 6.92 Å². The van der Waals surface area contributed by atoms with Crippen LogP contribution in [0.5, 0.6) is 0 Å². The SMILES string of the molecule is CC(=O)C(Br)c1ccc2nc(C)oc2c1. The molecule has 15 heavy (non-hydrogen) atoms. The van der Waals surface area contributed by atoms with Gasteiger partial charge in [0.25, 0.3) is 0 Å². The largest absolute Gasteiger partial charge is 0.441 e. The fourth-order valence-corrected chi connectivity index (χ4v) is 1.73. The first-order chi connectivity index (χ1) is 7.08. The second-order valence-electron chi connectivity index (χ2n) is 3.43. The summed E-state index contributed by atoms with van der Waals surface area (Å²) in [5, 5.41) is 0. The van der Waals surface area contributed by atoms with Crippen LogP contribution in [0, 0.1) is 6.92 Å². The smallest absolute Gasteiger partial charge is 0.192 e. The number of nitrogens with zero attached hydrogens (tertiary/aromatic N) is 1. The van der Waals surface area contributed by atoms with Gasteiger partial charge < -0.3 is 4.42 Å². The monoisotopic (exact) mass is 267 g/mol. The molecule has 0 N–H and O–H groups in total. The fourth-order valence-electron chi connectivity index (χ4n) is 1.45. The number of aryl methyl sites for hydroxylation is 1. The Bertz CT molecular complexity index is 518. The van der Waals surface area contributed by atoms with Crippen molar-refractivity contribution < 1.29 is 9.21 Å². The number of hydrogen-bond acceptors (Lipinski definition) is 3. The molecule has 78 valence electrons. The van der Waals surface area contributed by atoms with Crippen molar-refractivity contribution in [3.63, 3.8) is 0 Å². The minimum atomic E-state index is -0.271. The van der Waals surface area contributed by atoms with Gasteiger partial charge in [0.1, 0.15) is 11.3 Å². The van der Waals surface area contributed by atoms with Crippen LogP contribution in [-0.4, -0.2) is 10.8 Å². The van der Waals surface area contributed by atoms with Crippen molar-refractivity contribution in [2.75, 3.05) is 0 Å². The number of oxazole rings is 1. The maximum Gasteiger partial charge on any atom is 0.192 e. The highest BCUT2D eigenvalue weighted by Gasteiger charge is 2.14. The lowest BCUT2D eigenvalue weighted by atomic mass is 10.1. The van der Waals surface area contributed by atoms with E-state index in [2.05, 4.69) is 20.9 Å². The maximum atomic E-state index is 11.2. The van der Waals surface area contributed by atoms with E-state index < -0.39 is 0 Å². The first-order valence-corrected chi connectivity index (χ1v) is 5.51. The minimum absolute atomic E-state index is 0.0746. The van der Waals surface area contributed by atoms with Crippen LogP contribution < -0.4 is 0 Å². The molecule has 1 aromatic heterocycles. The van der Waals surface area contributed by atoms with Crippen molar-refractivity contribution in [3.8, 4) is 0 Å². The Morgan fingerprint density at radius 2 is 2.27 bits per heavy atom. The summed E-state index contributed by atoms with van der Waals surface area (Å²) in [4.78, 5) is 15.1. The van der Waals surface area contributed by atoms with Crippen LogP contribution in [-0.2, 0) is 4.79 Å². The Morgan fingerprint density at radius 1 is 1.53 bits per heavy atom. The van der Waals surface area contributed by atoms with Crippen LogP contribution in [0.4, 0.5) is 0 Å². The Morgan fingerprint density at radius 3 is 2.93 bits per heavy atom. The van der Waals surface area contributed by atoms with Crippen LogP contribution in [0.15, 0.2) is 22.6 Å². The molecule has 4 heteroatoms. The van der Waals surface area contributed by atoms with E-state index in [-0.39, 0.29) is 10.6 Å². The summed E-state index contributed by atoms with van der Waals surface area (Å²) in [6, 6.07) is 5.58. The van der Waals surface area contributed by atoms with E-state index in [1.54, 1.807) is 13.8 Å². The average molecular weight is 268 g/mol. The van der Waals surface area contributed by atoms with E-state index in [9.17, 15) is 4.79 Å². The molecule has 1 aromatic carbocycles. The van der Waals surface area contributed by atoms with Crippen molar-refractivity contribution in [3.05, 3.63) is 29.7 Å². The molecule has 1 heterocycles. The molecule has 2 rings (SSSR count). The summed E-state index contributed by atoms with van der Waals surface area (Å²) in [5.74, 6) is 0.710. The standard InChI is InChI=1S/C11H10BrNO2/c1-6(14)11(12)8-3-4-9-10(5-8)15-7(2)13-9/h3-5,11H,1-2H3. The highest BCUT2D eigenvalue weighted by Crippen LogP contribution is 2.27. The van der Waals surface area contributed by atoms with E-state index in [1.165, 1.54) is 0 Å². The molecule has 0 spiro atoms. The molecule has 0 aliphatic heterocycles. The third kappa shape index (κ3) is 1.95. The zero-order valence-corrected chi connectivity index (χ0v) is 10.0. The third-order valence-electron chi connectivity index (χ3n) is 2.17. The summed E-state index contributed by atoms with van der Waals surface area (Å²) in [6.07, 6.45) is 0. The predicted molar refractivity (Wildman–Crippen MR) is 61.1 cm³/mol. The number of Topliss-reactive ketones (excluding diaryl/α,β-unsaturated/α-hetero) is 1. The fraction of sp³-hybridized carbons (Fsp3) is 0.273. The number of hydrogen-bond donors (Lipinski definition) is 0. The molecule has 0 radical (unpaired) electrons. The van der Waals surface area contributed by atoms with Gasteiger partial charge in [-0.3, -0.25) is 4.79 Å². The lowest BCUT2D eigenvalue weighted by Crippen LogP contribution is -2.00. The van der Waals surface area contributed by atoms with E-state index in [0.717, 1.165) is 16.7 Å². The molecule has 1 atom stereocenters. The van der Waals surface area contributed by atoms with Crippen molar-refractivity contribution in [1.29, 1.82) is 0 Å². The van der Waals surface area contributed by atoms with Crippen molar-refractivity contribution in [2.24, 2.45) is 0 Å². The summed E-state index contributed by atoms with van der Waals surface area (Å²) >= 11 is 3.33. The highest BCUT2D eigenvalue weighted by atomic mass is 79.9. The van der Waals surface area contributed by atoms with Crippen LogP contribution in [0.1, 0.15) is 23.2 Å². The number of halogens is 1. The molecule has 0 aliphatic carbocycles. The third-order valence-corrected chi connectivity index (χ3v) is 3.34. The lowest BCUT2D eigenvalue weighted by molar-refractivity contribution is -0.116. The molecular formula is C11H10BrNO2. The Labute approximate surface area is 95.6 Å². The number of fused-ring (bicyclic) bond motifs is 1. The molecule has 0 bridgehead atoms. The zero-order valence-electron chi connectivity index (χ0n) is 8.45. The van der Waals surface area contributed by atoms with Crippen LogP contribution in [0.3, 0.4) is 0 Å². The molecular weight excluding hydrogens is 258 g/mol. The topological polar surface area (TPSA) is 43.1 Å². The predicted octanol–water partition coefficient (Wildman–Crippen LogP) is 3.16. The molecule has 0 amide bonds. The second kappa shape index (κ2) is 3.77. The minimum Gasteiger partial charge on any atom is -0.441 e. The van der Waals surface area contributed by atoms with Gasteiger partial charge in [-0.15, -0.1) is 0 Å². The van der Waals surface area contributed by atoms with Gasteiger partial charge in [0.15, 0.2) is 11.5 Å². The maximum absolute atomic E-state index is 11.2. The quantitative estimate of drug-likeness (QED) is 0.786.